The zero-order chi connectivity index (χ0) is 29.9. The van der Waals surface area contributed by atoms with Gasteiger partial charge < -0.3 is 14.7 Å². The van der Waals surface area contributed by atoms with Crippen LogP contribution in [0.2, 0.25) is 0 Å². The zero-order valence-electron chi connectivity index (χ0n) is 25.3. The van der Waals surface area contributed by atoms with Crippen molar-refractivity contribution in [2.45, 2.75) is 63.3 Å². The number of nitrogens with zero attached hydrogens (tertiary/aromatic N) is 6. The SMILES string of the molecule is CCN(C)S(=O)(=O)Nc1cc(-c2ccc3ncc4c(c3c2)C2(CC2)C(=O)N4C)cnc1N1CCC(N2CCCCC2)CC1. The maximum absolute atomic E-state index is 13.2. The van der Waals surface area contributed by atoms with Gasteiger partial charge in [-0.15, -0.1) is 0 Å². The van der Waals surface area contributed by atoms with E-state index in [-0.39, 0.29) is 5.91 Å². The fourth-order valence-corrected chi connectivity index (χ4v) is 8.22. The van der Waals surface area contributed by atoms with Crippen LogP contribution in [0.25, 0.3) is 22.0 Å². The summed E-state index contributed by atoms with van der Waals surface area (Å²) in [5, 5.41) is 0.974. The number of rotatable bonds is 7. The lowest BCUT2D eigenvalue weighted by atomic mass is 9.92. The highest BCUT2D eigenvalue weighted by molar-refractivity contribution is 7.90. The molecule has 2 aromatic heterocycles. The molecular weight excluding hydrogens is 562 g/mol. The van der Waals surface area contributed by atoms with Gasteiger partial charge in [0.15, 0.2) is 5.82 Å². The van der Waals surface area contributed by atoms with Gasteiger partial charge in [-0.05, 0) is 75.4 Å². The van der Waals surface area contributed by atoms with Crippen LogP contribution in [-0.4, -0.2) is 86.4 Å². The van der Waals surface area contributed by atoms with Crippen molar-refractivity contribution < 1.29 is 13.2 Å². The van der Waals surface area contributed by atoms with Crippen molar-refractivity contribution in [2.75, 3.05) is 61.3 Å². The van der Waals surface area contributed by atoms with E-state index in [9.17, 15) is 13.2 Å². The lowest BCUT2D eigenvalue weighted by molar-refractivity contribution is -0.119. The molecule has 0 radical (unpaired) electrons. The topological polar surface area (TPSA) is 102 Å². The van der Waals surface area contributed by atoms with Crippen molar-refractivity contribution in [1.82, 2.24) is 19.2 Å². The highest BCUT2D eigenvalue weighted by Gasteiger charge is 2.59. The highest BCUT2D eigenvalue weighted by atomic mass is 32.2. The van der Waals surface area contributed by atoms with E-state index in [2.05, 4.69) is 25.6 Å². The smallest absolute Gasteiger partial charge is 0.301 e. The molecular formula is C32H41N7O3S. The Morgan fingerprint density at radius 3 is 2.44 bits per heavy atom. The Hall–Kier alpha value is -3.28. The number of anilines is 3. The second-order valence-corrected chi connectivity index (χ2v) is 14.4. The summed E-state index contributed by atoms with van der Waals surface area (Å²) in [4.78, 5) is 29.3. The number of likely N-dealkylation sites (N-methyl/N-ethyl adjacent to an activating group) is 1. The predicted molar refractivity (Wildman–Crippen MR) is 171 cm³/mol. The average Bonchev–Trinajstić information content (AvgIpc) is 3.81. The number of likely N-dealkylation sites (tertiary alicyclic amines) is 1. The molecule has 1 saturated carbocycles. The Balaban J connectivity index is 1.24. The van der Waals surface area contributed by atoms with E-state index in [1.807, 2.05) is 44.6 Å². The third-order valence-corrected chi connectivity index (χ3v) is 11.7. The molecule has 5 heterocycles. The summed E-state index contributed by atoms with van der Waals surface area (Å²) in [6, 6.07) is 8.56. The minimum Gasteiger partial charge on any atom is -0.355 e. The molecule has 1 aromatic carbocycles. The molecule has 43 heavy (non-hydrogen) atoms. The molecule has 3 fully saturated rings. The van der Waals surface area contributed by atoms with Crippen LogP contribution in [0.4, 0.5) is 17.2 Å². The van der Waals surface area contributed by atoms with Gasteiger partial charge in [0.1, 0.15) is 0 Å². The molecule has 2 saturated heterocycles. The first kappa shape index (κ1) is 28.5. The minimum atomic E-state index is -3.76. The van der Waals surface area contributed by atoms with Gasteiger partial charge in [0.05, 0.1) is 28.5 Å². The molecule has 7 rings (SSSR count). The van der Waals surface area contributed by atoms with E-state index >= 15 is 0 Å². The van der Waals surface area contributed by atoms with Crippen molar-refractivity contribution >= 4 is 44.2 Å². The fourth-order valence-electron chi connectivity index (χ4n) is 7.30. The van der Waals surface area contributed by atoms with Crippen LogP contribution < -0.4 is 14.5 Å². The van der Waals surface area contributed by atoms with Gasteiger partial charge in [0, 0.05) is 62.5 Å². The number of pyridine rings is 2. The molecule has 11 heteroatoms. The minimum absolute atomic E-state index is 0.147. The molecule has 4 aliphatic rings. The van der Waals surface area contributed by atoms with E-state index in [4.69, 9.17) is 4.98 Å². The first-order valence-corrected chi connectivity index (χ1v) is 17.1. The van der Waals surface area contributed by atoms with Gasteiger partial charge in [0.25, 0.3) is 0 Å². The zero-order valence-corrected chi connectivity index (χ0v) is 26.2. The molecule has 1 aliphatic carbocycles. The molecule has 1 amide bonds. The number of hydrogen-bond acceptors (Lipinski definition) is 7. The van der Waals surface area contributed by atoms with Gasteiger partial charge in [0.2, 0.25) is 5.91 Å². The van der Waals surface area contributed by atoms with Gasteiger partial charge >= 0.3 is 10.2 Å². The van der Waals surface area contributed by atoms with Crippen LogP contribution in [-0.2, 0) is 20.4 Å². The number of carbonyl (C=O) groups excluding carboxylic acids is 1. The molecule has 3 aliphatic heterocycles. The number of carbonyl (C=O) groups is 1. The van der Waals surface area contributed by atoms with E-state index in [1.165, 1.54) is 36.7 Å². The van der Waals surface area contributed by atoms with Gasteiger partial charge in [-0.3, -0.25) is 14.5 Å². The molecule has 1 N–H and O–H groups in total. The maximum Gasteiger partial charge on any atom is 0.301 e. The third-order valence-electron chi connectivity index (χ3n) is 10.1. The molecule has 10 nitrogen and oxygen atoms in total. The Morgan fingerprint density at radius 1 is 1.00 bits per heavy atom. The molecule has 0 atom stereocenters. The van der Waals surface area contributed by atoms with Gasteiger partial charge in [-0.25, -0.2) is 4.98 Å². The second kappa shape index (κ2) is 10.7. The normalized spacial score (nSPS) is 20.8. The summed E-state index contributed by atoms with van der Waals surface area (Å²) in [5.41, 5.74) is 4.57. The maximum atomic E-state index is 13.2. The van der Waals surface area contributed by atoms with Crippen molar-refractivity contribution in [2.24, 2.45) is 0 Å². The summed E-state index contributed by atoms with van der Waals surface area (Å²) in [5.74, 6) is 0.815. The standard InChI is InChI=1S/C32H41N7O3S/c1-4-36(2)43(41,42)35-27-19-23(20-34-30(27)39-16-10-24(11-17-39)38-14-6-5-7-15-38)22-8-9-26-25(18-22)29-28(21-33-26)37(3)31(40)32(29)12-13-32/h8-9,18-21,24,35H,4-7,10-17H2,1-3H3. The van der Waals surface area contributed by atoms with Crippen LogP contribution in [0.1, 0.15) is 57.4 Å². The Bertz CT molecular complexity index is 1680. The molecule has 228 valence electrons. The van der Waals surface area contributed by atoms with E-state index in [0.717, 1.165) is 72.1 Å². The Kier molecular flexibility index (Phi) is 7.10. The summed E-state index contributed by atoms with van der Waals surface area (Å²) in [7, 11) is -0.354. The molecule has 3 aromatic rings. The van der Waals surface area contributed by atoms with Crippen LogP contribution in [0.3, 0.4) is 0 Å². The number of amides is 1. The number of aromatic nitrogens is 2. The third kappa shape index (κ3) is 4.85. The van der Waals surface area contributed by atoms with Crippen LogP contribution in [0, 0.1) is 0 Å². The fraction of sp³-hybridized carbons (Fsp3) is 0.531. The Morgan fingerprint density at radius 2 is 1.74 bits per heavy atom. The van der Waals surface area contributed by atoms with E-state index < -0.39 is 15.6 Å². The lowest BCUT2D eigenvalue weighted by Crippen LogP contribution is -2.47. The van der Waals surface area contributed by atoms with Crippen LogP contribution in [0.15, 0.2) is 36.7 Å². The van der Waals surface area contributed by atoms with E-state index in [0.29, 0.717) is 24.1 Å². The number of piperidine rings is 2. The summed E-state index contributed by atoms with van der Waals surface area (Å²) < 4.78 is 30.6. The number of fused-ring (bicyclic) bond motifs is 4. The highest BCUT2D eigenvalue weighted by Crippen LogP contribution is 2.58. The average molecular weight is 604 g/mol. The monoisotopic (exact) mass is 603 g/mol. The Labute approximate surface area is 254 Å². The van der Waals surface area contributed by atoms with Crippen molar-refractivity contribution in [3.05, 3.63) is 42.2 Å². The van der Waals surface area contributed by atoms with Gasteiger partial charge in [-0.2, -0.15) is 12.7 Å². The van der Waals surface area contributed by atoms with Crippen LogP contribution in [0.5, 0.6) is 0 Å². The predicted octanol–water partition coefficient (Wildman–Crippen LogP) is 4.37. The molecule has 0 bridgehead atoms. The number of nitrogens with one attached hydrogen (secondary N) is 1. The van der Waals surface area contributed by atoms with Gasteiger partial charge in [-0.1, -0.05) is 19.4 Å². The summed E-state index contributed by atoms with van der Waals surface area (Å²) in [6.45, 7) is 6.21. The summed E-state index contributed by atoms with van der Waals surface area (Å²) >= 11 is 0. The lowest BCUT2D eigenvalue weighted by Gasteiger charge is -2.41. The molecule has 0 unspecified atom stereocenters. The first-order chi connectivity index (χ1) is 20.7. The molecule has 1 spiro atoms. The van der Waals surface area contributed by atoms with Crippen molar-refractivity contribution in [3.63, 3.8) is 0 Å². The largest absolute Gasteiger partial charge is 0.355 e. The van der Waals surface area contributed by atoms with Crippen molar-refractivity contribution in [1.29, 1.82) is 0 Å². The van der Waals surface area contributed by atoms with E-state index in [1.54, 1.807) is 11.9 Å². The summed E-state index contributed by atoms with van der Waals surface area (Å²) in [6.07, 6.45) is 11.3. The second-order valence-electron chi connectivity index (χ2n) is 12.6. The first-order valence-electron chi connectivity index (χ1n) is 15.7. The quantitative estimate of drug-likeness (QED) is 0.428. The van der Waals surface area contributed by atoms with Crippen LogP contribution >= 0.6 is 0 Å². The number of benzene rings is 1. The van der Waals surface area contributed by atoms with Crippen molar-refractivity contribution in [3.8, 4) is 11.1 Å². The number of hydrogen-bond donors (Lipinski definition) is 1.